The molecule has 0 unspecified atom stereocenters. The number of hydrogen-bond donors (Lipinski definition) is 4. The van der Waals surface area contributed by atoms with Gasteiger partial charge in [0.25, 0.3) is 0 Å². The monoisotopic (exact) mass is 431 g/mol. The lowest BCUT2D eigenvalue weighted by atomic mass is 10.1. The number of fused-ring (bicyclic) bond motifs is 1. The van der Waals surface area contributed by atoms with Gasteiger partial charge in [0.2, 0.25) is 0 Å². The molecule has 0 fully saturated rings. The number of anilines is 4. The molecule has 1 aromatic heterocycles. The SMILES string of the molecule is COc1cc(Nc2nc3ccccc3nc2NCCc2cccc(NO)c2)cc(OC)c1. The zero-order valence-electron chi connectivity index (χ0n) is 17.9. The summed E-state index contributed by atoms with van der Waals surface area (Å²) in [6.07, 6.45) is 0.746. The molecule has 4 aromatic rings. The van der Waals surface area contributed by atoms with Gasteiger partial charge < -0.3 is 20.1 Å². The van der Waals surface area contributed by atoms with E-state index in [0.717, 1.165) is 28.7 Å². The van der Waals surface area contributed by atoms with Crippen LogP contribution >= 0.6 is 0 Å². The molecule has 4 rings (SSSR count). The van der Waals surface area contributed by atoms with Crippen molar-refractivity contribution in [2.75, 3.05) is 36.9 Å². The molecule has 0 radical (unpaired) electrons. The van der Waals surface area contributed by atoms with E-state index in [9.17, 15) is 0 Å². The van der Waals surface area contributed by atoms with Gasteiger partial charge in [-0.15, -0.1) is 0 Å². The first-order valence-electron chi connectivity index (χ1n) is 10.2. The molecule has 4 N–H and O–H groups in total. The van der Waals surface area contributed by atoms with E-state index in [1.54, 1.807) is 20.3 Å². The molecule has 0 saturated carbocycles. The van der Waals surface area contributed by atoms with Crippen molar-refractivity contribution >= 4 is 34.0 Å². The van der Waals surface area contributed by atoms with Crippen molar-refractivity contribution < 1.29 is 14.7 Å². The fraction of sp³-hybridized carbons (Fsp3) is 0.167. The fourth-order valence-corrected chi connectivity index (χ4v) is 3.35. The third-order valence-electron chi connectivity index (χ3n) is 4.95. The van der Waals surface area contributed by atoms with Gasteiger partial charge in [-0.05, 0) is 36.2 Å². The second-order valence-electron chi connectivity index (χ2n) is 7.12. The topological polar surface area (TPSA) is 101 Å². The lowest BCUT2D eigenvalue weighted by Gasteiger charge is -2.15. The van der Waals surface area contributed by atoms with Crippen LogP contribution in [0.5, 0.6) is 11.5 Å². The molecule has 0 bridgehead atoms. The van der Waals surface area contributed by atoms with Crippen molar-refractivity contribution in [3.63, 3.8) is 0 Å². The van der Waals surface area contributed by atoms with Crippen molar-refractivity contribution in [3.05, 3.63) is 72.3 Å². The summed E-state index contributed by atoms with van der Waals surface area (Å²) in [6, 6.07) is 20.9. The van der Waals surface area contributed by atoms with Gasteiger partial charge in [-0.3, -0.25) is 10.7 Å². The number of rotatable bonds is 9. The standard InChI is InChI=1S/C24H25N5O3/c1-31-19-13-18(14-20(15-19)32-2)26-24-23(27-21-8-3-4-9-22(21)28-24)25-11-10-16-6-5-7-17(12-16)29-30/h3-9,12-15,29-30H,10-11H2,1-2H3,(H,25,27)(H,26,28). The van der Waals surface area contributed by atoms with E-state index in [-0.39, 0.29) is 0 Å². The molecule has 1 heterocycles. The summed E-state index contributed by atoms with van der Waals surface area (Å²) < 4.78 is 10.7. The van der Waals surface area contributed by atoms with E-state index < -0.39 is 0 Å². The lowest BCUT2D eigenvalue weighted by Crippen LogP contribution is -2.10. The maximum absolute atomic E-state index is 9.11. The Morgan fingerprint density at radius 1 is 0.781 bits per heavy atom. The van der Waals surface area contributed by atoms with E-state index in [0.29, 0.717) is 35.4 Å². The molecule has 8 heteroatoms. The van der Waals surface area contributed by atoms with Gasteiger partial charge in [-0.2, -0.15) is 0 Å². The maximum atomic E-state index is 9.11. The minimum absolute atomic E-state index is 0.602. The average molecular weight is 431 g/mol. The number of nitrogens with zero attached hydrogens (tertiary/aromatic N) is 2. The number of aromatic nitrogens is 2. The summed E-state index contributed by atoms with van der Waals surface area (Å²) in [5, 5.41) is 15.8. The van der Waals surface area contributed by atoms with Gasteiger partial charge in [-0.1, -0.05) is 24.3 Å². The molecule has 32 heavy (non-hydrogen) atoms. The number of ether oxygens (including phenoxy) is 2. The van der Waals surface area contributed by atoms with Gasteiger partial charge in [0.1, 0.15) is 11.5 Å². The minimum Gasteiger partial charge on any atom is -0.497 e. The van der Waals surface area contributed by atoms with Crippen molar-refractivity contribution in [1.29, 1.82) is 0 Å². The Labute approximate surface area is 186 Å². The smallest absolute Gasteiger partial charge is 0.174 e. The third kappa shape index (κ3) is 4.98. The highest BCUT2D eigenvalue weighted by atomic mass is 16.5. The van der Waals surface area contributed by atoms with Gasteiger partial charge in [0, 0.05) is 30.4 Å². The van der Waals surface area contributed by atoms with Crippen LogP contribution in [0, 0.1) is 0 Å². The first-order valence-corrected chi connectivity index (χ1v) is 10.2. The largest absolute Gasteiger partial charge is 0.497 e. The zero-order valence-corrected chi connectivity index (χ0v) is 17.9. The molecular weight excluding hydrogens is 406 g/mol. The van der Waals surface area contributed by atoms with E-state index in [4.69, 9.17) is 24.6 Å². The van der Waals surface area contributed by atoms with Gasteiger partial charge in [0.05, 0.1) is 30.9 Å². The van der Waals surface area contributed by atoms with Crippen LogP contribution in [0.2, 0.25) is 0 Å². The molecule has 3 aromatic carbocycles. The number of para-hydroxylation sites is 2. The molecule has 8 nitrogen and oxygen atoms in total. The second-order valence-corrected chi connectivity index (χ2v) is 7.12. The van der Waals surface area contributed by atoms with E-state index in [1.807, 2.05) is 60.7 Å². The van der Waals surface area contributed by atoms with E-state index >= 15 is 0 Å². The van der Waals surface area contributed by atoms with Crippen molar-refractivity contribution in [3.8, 4) is 11.5 Å². The molecule has 0 aliphatic heterocycles. The van der Waals surface area contributed by atoms with Crippen LogP contribution in [0.3, 0.4) is 0 Å². The molecule has 0 saturated heterocycles. The highest BCUT2D eigenvalue weighted by Crippen LogP contribution is 2.30. The van der Waals surface area contributed by atoms with Gasteiger partial charge in [0.15, 0.2) is 11.6 Å². The van der Waals surface area contributed by atoms with Crippen LogP contribution in [0.15, 0.2) is 66.7 Å². The molecule has 0 atom stereocenters. The van der Waals surface area contributed by atoms with Crippen molar-refractivity contribution in [1.82, 2.24) is 9.97 Å². The molecule has 164 valence electrons. The number of methoxy groups -OCH3 is 2. The van der Waals surface area contributed by atoms with Gasteiger partial charge >= 0.3 is 0 Å². The zero-order chi connectivity index (χ0) is 22.3. The van der Waals surface area contributed by atoms with Crippen LogP contribution in [-0.4, -0.2) is 35.9 Å². The average Bonchev–Trinajstić information content (AvgIpc) is 2.84. The van der Waals surface area contributed by atoms with Crippen LogP contribution in [0.25, 0.3) is 11.0 Å². The Kier molecular flexibility index (Phi) is 6.52. The summed E-state index contributed by atoms with van der Waals surface area (Å²) in [5.41, 5.74) is 6.28. The Morgan fingerprint density at radius 2 is 1.47 bits per heavy atom. The Bertz CT molecular complexity index is 1190. The van der Waals surface area contributed by atoms with Crippen LogP contribution in [0.4, 0.5) is 23.0 Å². The van der Waals surface area contributed by atoms with E-state index in [1.165, 1.54) is 0 Å². The molecule has 0 aliphatic carbocycles. The Morgan fingerprint density at radius 3 is 2.12 bits per heavy atom. The summed E-state index contributed by atoms with van der Waals surface area (Å²) in [5.74, 6) is 2.59. The lowest BCUT2D eigenvalue weighted by molar-refractivity contribution is 0.389. The van der Waals surface area contributed by atoms with Crippen LogP contribution < -0.4 is 25.6 Å². The predicted octanol–water partition coefficient (Wildman–Crippen LogP) is 4.85. The van der Waals surface area contributed by atoms with Crippen LogP contribution in [0.1, 0.15) is 5.56 Å². The quantitative estimate of drug-likeness (QED) is 0.279. The highest BCUT2D eigenvalue weighted by molar-refractivity contribution is 5.82. The summed E-state index contributed by atoms with van der Waals surface area (Å²) in [7, 11) is 3.23. The third-order valence-corrected chi connectivity index (χ3v) is 4.95. The summed E-state index contributed by atoms with van der Waals surface area (Å²) in [6.45, 7) is 0.637. The number of hydrogen-bond acceptors (Lipinski definition) is 8. The number of nitrogens with one attached hydrogen (secondary N) is 3. The molecule has 0 amide bonds. The van der Waals surface area contributed by atoms with Crippen LogP contribution in [-0.2, 0) is 6.42 Å². The minimum atomic E-state index is 0.602. The van der Waals surface area contributed by atoms with Crippen molar-refractivity contribution in [2.24, 2.45) is 0 Å². The molecule has 0 aliphatic rings. The Hall–Kier alpha value is -4.04. The Balaban J connectivity index is 1.60. The predicted molar refractivity (Wildman–Crippen MR) is 126 cm³/mol. The fourth-order valence-electron chi connectivity index (χ4n) is 3.35. The number of benzene rings is 3. The first-order chi connectivity index (χ1) is 15.7. The molecular formula is C24H25N5O3. The summed E-state index contributed by atoms with van der Waals surface area (Å²) >= 11 is 0. The second kappa shape index (κ2) is 9.84. The molecule has 0 spiro atoms. The van der Waals surface area contributed by atoms with Crippen molar-refractivity contribution in [2.45, 2.75) is 6.42 Å². The highest BCUT2D eigenvalue weighted by Gasteiger charge is 2.11. The normalized spacial score (nSPS) is 10.6. The first kappa shape index (κ1) is 21.2. The maximum Gasteiger partial charge on any atom is 0.174 e. The van der Waals surface area contributed by atoms with E-state index in [2.05, 4.69) is 16.1 Å². The summed E-state index contributed by atoms with van der Waals surface area (Å²) in [4.78, 5) is 9.54. The van der Waals surface area contributed by atoms with Gasteiger partial charge in [-0.25, -0.2) is 9.97 Å².